The summed E-state index contributed by atoms with van der Waals surface area (Å²) < 4.78 is 17.1. The van der Waals surface area contributed by atoms with Gasteiger partial charge in [0.1, 0.15) is 0 Å². The minimum atomic E-state index is -1.10. The van der Waals surface area contributed by atoms with Crippen LogP contribution in [0, 0.1) is 5.92 Å². The third-order valence-corrected chi connectivity index (χ3v) is 5.48. The van der Waals surface area contributed by atoms with E-state index in [1.54, 1.807) is 12.2 Å². The number of unbranched alkanes of at least 4 members (excludes halogenated alkanes) is 2. The molecule has 7 nitrogen and oxygen atoms in total. The molecule has 1 aliphatic heterocycles. The van der Waals surface area contributed by atoms with Gasteiger partial charge in [-0.1, -0.05) is 42.6 Å². The number of esters is 2. The van der Waals surface area contributed by atoms with Gasteiger partial charge < -0.3 is 14.2 Å². The van der Waals surface area contributed by atoms with Crippen LogP contribution in [0.1, 0.15) is 52.4 Å². The van der Waals surface area contributed by atoms with E-state index < -0.39 is 30.2 Å². The van der Waals surface area contributed by atoms with E-state index in [9.17, 15) is 9.59 Å². The highest BCUT2D eigenvalue weighted by atomic mass is 79.9. The number of ether oxygens (including phenoxy) is 3. The van der Waals surface area contributed by atoms with Crippen molar-refractivity contribution in [2.45, 2.75) is 64.7 Å². The van der Waals surface area contributed by atoms with Crippen LogP contribution in [-0.2, 0) is 28.6 Å². The van der Waals surface area contributed by atoms with E-state index in [2.05, 4.69) is 15.9 Å². The molecule has 1 aromatic carbocycles. The average Bonchev–Trinajstić information content (AvgIpc) is 2.75. The normalized spacial score (nSPS) is 19.0. The van der Waals surface area contributed by atoms with Crippen molar-refractivity contribution in [1.82, 2.24) is 0 Å². The Morgan fingerprint density at radius 1 is 1.07 bits per heavy atom. The van der Waals surface area contributed by atoms with E-state index in [0.717, 1.165) is 35.8 Å². The molecule has 1 aliphatic rings. The van der Waals surface area contributed by atoms with Crippen LogP contribution in [0.4, 0.5) is 5.69 Å². The number of nitrogens with zero attached hydrogens (tertiary/aromatic N) is 1. The van der Waals surface area contributed by atoms with Crippen molar-refractivity contribution in [1.29, 1.82) is 0 Å². The zero-order valence-electron chi connectivity index (χ0n) is 18.0. The number of benzene rings is 1. The first-order chi connectivity index (χ1) is 14.5. The molecule has 8 heteroatoms. The summed E-state index contributed by atoms with van der Waals surface area (Å²) in [6.07, 6.45) is 3.88. The monoisotopic (exact) mass is 485 g/mol. The molecule has 168 valence electrons. The van der Waals surface area contributed by atoms with Crippen molar-refractivity contribution in [3.8, 4) is 0 Å². The van der Waals surface area contributed by atoms with Crippen LogP contribution in [0.15, 0.2) is 28.7 Å². The van der Waals surface area contributed by atoms with Crippen molar-refractivity contribution in [2.75, 3.05) is 25.4 Å². The molecule has 1 heterocycles. The molecule has 0 aliphatic carbocycles. The number of carbonyl (C=O) groups excluding carboxylic acids is 2. The zero-order valence-corrected chi connectivity index (χ0v) is 19.6. The molecule has 0 saturated carbocycles. The summed E-state index contributed by atoms with van der Waals surface area (Å²) >= 11 is 3.42. The molecule has 30 heavy (non-hydrogen) atoms. The predicted molar refractivity (Wildman–Crippen MR) is 117 cm³/mol. The molecule has 1 aromatic rings. The van der Waals surface area contributed by atoms with Gasteiger partial charge in [0, 0.05) is 18.0 Å². The molecular formula is C22H32BrNO6. The van der Waals surface area contributed by atoms with Crippen molar-refractivity contribution in [2.24, 2.45) is 5.92 Å². The summed E-state index contributed by atoms with van der Waals surface area (Å²) in [5.74, 6) is -2.24. The Morgan fingerprint density at radius 3 is 2.13 bits per heavy atom. The Kier molecular flexibility index (Phi) is 10.6. The van der Waals surface area contributed by atoms with Crippen molar-refractivity contribution < 1.29 is 28.6 Å². The van der Waals surface area contributed by atoms with Crippen molar-refractivity contribution in [3.63, 3.8) is 0 Å². The van der Waals surface area contributed by atoms with Crippen LogP contribution in [-0.4, -0.2) is 44.6 Å². The van der Waals surface area contributed by atoms with Crippen LogP contribution < -0.4 is 5.06 Å². The molecule has 2 atom stereocenters. The number of anilines is 1. The van der Waals surface area contributed by atoms with Crippen LogP contribution in [0.3, 0.4) is 0 Å². The fourth-order valence-electron chi connectivity index (χ4n) is 3.21. The summed E-state index contributed by atoms with van der Waals surface area (Å²) in [4.78, 5) is 31.8. The molecule has 2 rings (SSSR count). The SMILES string of the molecule is CCCCOC(=O)C(C(=O)OCCCC)[C@H]1CC[C@H](OC)ON1c1ccc(Br)cc1. The first-order valence-electron chi connectivity index (χ1n) is 10.6. The van der Waals surface area contributed by atoms with E-state index in [-0.39, 0.29) is 13.2 Å². The molecule has 0 bridgehead atoms. The molecule has 1 fully saturated rings. The zero-order chi connectivity index (χ0) is 21.9. The summed E-state index contributed by atoms with van der Waals surface area (Å²) in [6.45, 7) is 4.58. The number of methoxy groups -OCH3 is 1. The maximum atomic E-state index is 12.9. The van der Waals surface area contributed by atoms with Crippen LogP contribution >= 0.6 is 15.9 Å². The maximum Gasteiger partial charge on any atom is 0.322 e. The molecular weight excluding hydrogens is 454 g/mol. The molecule has 1 saturated heterocycles. The lowest BCUT2D eigenvalue weighted by atomic mass is 9.93. The van der Waals surface area contributed by atoms with Gasteiger partial charge in [-0.3, -0.25) is 9.59 Å². The van der Waals surface area contributed by atoms with E-state index >= 15 is 0 Å². The molecule has 0 amide bonds. The molecule has 0 aromatic heterocycles. The largest absolute Gasteiger partial charge is 0.465 e. The summed E-state index contributed by atoms with van der Waals surface area (Å²) in [6, 6.07) is 6.91. The average molecular weight is 486 g/mol. The van der Waals surface area contributed by atoms with E-state index in [0.29, 0.717) is 12.8 Å². The number of hydroxylamine groups is 1. The highest BCUT2D eigenvalue weighted by Gasteiger charge is 2.44. The fraction of sp³-hybridized carbons (Fsp3) is 0.636. The second kappa shape index (κ2) is 12.9. The van der Waals surface area contributed by atoms with Crippen LogP contribution in [0.5, 0.6) is 0 Å². The van der Waals surface area contributed by atoms with Gasteiger partial charge >= 0.3 is 11.9 Å². The van der Waals surface area contributed by atoms with Gasteiger partial charge in [0.05, 0.1) is 24.9 Å². The number of rotatable bonds is 11. The lowest BCUT2D eigenvalue weighted by Gasteiger charge is -2.41. The fourth-order valence-corrected chi connectivity index (χ4v) is 3.47. The third-order valence-electron chi connectivity index (χ3n) is 4.95. The van der Waals surface area contributed by atoms with Crippen molar-refractivity contribution >= 4 is 33.6 Å². The lowest BCUT2D eigenvalue weighted by molar-refractivity contribution is -0.183. The molecule has 0 N–H and O–H groups in total. The smallest absolute Gasteiger partial charge is 0.322 e. The van der Waals surface area contributed by atoms with Gasteiger partial charge in [0.15, 0.2) is 12.2 Å². The van der Waals surface area contributed by atoms with E-state index in [1.165, 1.54) is 0 Å². The summed E-state index contributed by atoms with van der Waals surface area (Å²) in [5.41, 5.74) is 0.720. The Hall–Kier alpha value is -1.64. The second-order valence-electron chi connectivity index (χ2n) is 7.24. The standard InChI is InChI=1S/C22H32BrNO6/c1-4-6-14-28-21(25)20(22(26)29-15-7-5-2)18-12-13-19(27-3)30-24(18)17-10-8-16(23)9-11-17/h8-11,18-20H,4-7,12-15H2,1-3H3/t18-,19-/m1/s1. The Morgan fingerprint density at radius 2 is 1.63 bits per heavy atom. The van der Waals surface area contributed by atoms with Gasteiger partial charge in [-0.2, -0.15) is 0 Å². The first kappa shape index (κ1) is 24.6. The molecule has 0 radical (unpaired) electrons. The van der Waals surface area contributed by atoms with Crippen molar-refractivity contribution in [3.05, 3.63) is 28.7 Å². The maximum absolute atomic E-state index is 12.9. The number of carbonyl (C=O) groups is 2. The third kappa shape index (κ3) is 6.96. The quantitative estimate of drug-likeness (QED) is 0.257. The minimum absolute atomic E-state index is 0.278. The molecule has 0 spiro atoms. The number of hydrogen-bond donors (Lipinski definition) is 0. The highest BCUT2D eigenvalue weighted by Crippen LogP contribution is 2.33. The van der Waals surface area contributed by atoms with Gasteiger partial charge in [-0.05, 0) is 43.5 Å². The summed E-state index contributed by atoms with van der Waals surface area (Å²) in [5, 5.41) is 1.59. The van der Waals surface area contributed by atoms with Crippen LogP contribution in [0.2, 0.25) is 0 Å². The summed E-state index contributed by atoms with van der Waals surface area (Å²) in [7, 11) is 1.57. The van der Waals surface area contributed by atoms with Gasteiger partial charge in [-0.15, -0.1) is 0 Å². The van der Waals surface area contributed by atoms with Gasteiger partial charge in [-0.25, -0.2) is 9.90 Å². The Labute approximate surface area is 187 Å². The van der Waals surface area contributed by atoms with Gasteiger partial charge in [0.25, 0.3) is 0 Å². The number of hydrogen-bond acceptors (Lipinski definition) is 7. The second-order valence-corrected chi connectivity index (χ2v) is 8.15. The highest BCUT2D eigenvalue weighted by molar-refractivity contribution is 9.10. The minimum Gasteiger partial charge on any atom is -0.465 e. The Bertz CT molecular complexity index is 646. The van der Waals surface area contributed by atoms with E-state index in [4.69, 9.17) is 19.0 Å². The Balaban J connectivity index is 2.29. The molecule has 0 unspecified atom stereocenters. The lowest BCUT2D eigenvalue weighted by Crippen LogP contribution is -2.53. The van der Waals surface area contributed by atoms with Gasteiger partial charge in [0.2, 0.25) is 0 Å². The first-order valence-corrected chi connectivity index (χ1v) is 11.4. The van der Waals surface area contributed by atoms with Crippen LogP contribution in [0.25, 0.3) is 0 Å². The predicted octanol–water partition coefficient (Wildman–Crippen LogP) is 4.62. The number of halogens is 1. The van der Waals surface area contributed by atoms with E-state index in [1.807, 2.05) is 38.1 Å². The topological polar surface area (TPSA) is 74.3 Å².